The smallest absolute Gasteiger partial charge is 0.137 e. The standard InChI is InChI=1S/C19H15ClN4/c20-19-15(6-9-22-16(19)12-21)13-4-5-17-14(11-13)7-10-24(17)18-3-1-2-8-23-18/h1-11H,12,21H2. The van der Waals surface area contributed by atoms with Crippen molar-refractivity contribution >= 4 is 22.5 Å². The van der Waals surface area contributed by atoms with Gasteiger partial charge in [0.25, 0.3) is 0 Å². The highest BCUT2D eigenvalue weighted by Gasteiger charge is 2.10. The first kappa shape index (κ1) is 14.9. The van der Waals surface area contributed by atoms with Crippen LogP contribution in [0.2, 0.25) is 5.02 Å². The Bertz CT molecular complexity index is 1010. The highest BCUT2D eigenvalue weighted by atomic mass is 35.5. The summed E-state index contributed by atoms with van der Waals surface area (Å²) in [5.41, 5.74) is 9.49. The lowest BCUT2D eigenvalue weighted by Crippen LogP contribution is -2.01. The molecular weight excluding hydrogens is 320 g/mol. The molecule has 1 aromatic carbocycles. The molecule has 2 N–H and O–H groups in total. The third kappa shape index (κ3) is 2.46. The van der Waals surface area contributed by atoms with Crippen molar-refractivity contribution in [3.63, 3.8) is 0 Å². The van der Waals surface area contributed by atoms with Gasteiger partial charge in [-0.05, 0) is 42.0 Å². The van der Waals surface area contributed by atoms with E-state index < -0.39 is 0 Å². The average Bonchev–Trinajstić information content (AvgIpc) is 3.06. The van der Waals surface area contributed by atoms with E-state index >= 15 is 0 Å². The number of halogens is 1. The number of hydrogen-bond donors (Lipinski definition) is 1. The number of nitrogens with two attached hydrogens (primary N) is 1. The van der Waals surface area contributed by atoms with Crippen LogP contribution in [-0.2, 0) is 6.54 Å². The SMILES string of the molecule is NCc1nccc(-c2ccc3c(ccn3-c3ccccn3)c2)c1Cl. The first-order valence-corrected chi connectivity index (χ1v) is 8.02. The van der Waals surface area contributed by atoms with E-state index in [2.05, 4.69) is 38.8 Å². The van der Waals surface area contributed by atoms with Crippen LogP contribution in [0.25, 0.3) is 27.8 Å². The van der Waals surface area contributed by atoms with Gasteiger partial charge in [-0.1, -0.05) is 23.7 Å². The van der Waals surface area contributed by atoms with E-state index in [0.717, 1.165) is 27.8 Å². The molecule has 4 aromatic rings. The third-order valence-electron chi connectivity index (χ3n) is 4.05. The molecule has 0 amide bonds. The maximum atomic E-state index is 6.44. The fraction of sp³-hybridized carbons (Fsp3) is 0.0526. The van der Waals surface area contributed by atoms with Gasteiger partial charge in [0.15, 0.2) is 0 Å². The number of nitrogens with zero attached hydrogens (tertiary/aromatic N) is 3. The summed E-state index contributed by atoms with van der Waals surface area (Å²) in [7, 11) is 0. The Morgan fingerprint density at radius 2 is 1.92 bits per heavy atom. The van der Waals surface area contributed by atoms with Crippen LogP contribution in [0.3, 0.4) is 0 Å². The van der Waals surface area contributed by atoms with Crippen LogP contribution in [0.4, 0.5) is 0 Å². The van der Waals surface area contributed by atoms with E-state index in [1.165, 1.54) is 0 Å². The molecule has 0 saturated carbocycles. The van der Waals surface area contributed by atoms with E-state index in [9.17, 15) is 0 Å². The molecule has 24 heavy (non-hydrogen) atoms. The van der Waals surface area contributed by atoms with E-state index in [4.69, 9.17) is 17.3 Å². The van der Waals surface area contributed by atoms with Crippen LogP contribution in [-0.4, -0.2) is 14.5 Å². The van der Waals surface area contributed by atoms with Gasteiger partial charge in [-0.15, -0.1) is 0 Å². The first-order chi connectivity index (χ1) is 11.8. The zero-order valence-corrected chi connectivity index (χ0v) is 13.6. The number of pyridine rings is 2. The van der Waals surface area contributed by atoms with Crippen LogP contribution >= 0.6 is 11.6 Å². The van der Waals surface area contributed by atoms with Gasteiger partial charge in [0, 0.05) is 36.1 Å². The molecule has 0 unspecified atom stereocenters. The van der Waals surface area contributed by atoms with Crippen molar-refractivity contribution < 1.29 is 0 Å². The van der Waals surface area contributed by atoms with Crippen molar-refractivity contribution in [3.8, 4) is 16.9 Å². The molecule has 0 radical (unpaired) electrons. The second kappa shape index (κ2) is 6.07. The molecule has 0 aliphatic rings. The summed E-state index contributed by atoms with van der Waals surface area (Å²) < 4.78 is 2.07. The quantitative estimate of drug-likeness (QED) is 0.611. The summed E-state index contributed by atoms with van der Waals surface area (Å²) >= 11 is 6.44. The van der Waals surface area contributed by atoms with Crippen molar-refractivity contribution in [3.05, 3.63) is 77.8 Å². The van der Waals surface area contributed by atoms with Crippen LogP contribution in [0, 0.1) is 0 Å². The fourth-order valence-corrected chi connectivity index (χ4v) is 3.16. The van der Waals surface area contributed by atoms with Gasteiger partial charge in [-0.2, -0.15) is 0 Å². The second-order valence-corrected chi connectivity index (χ2v) is 5.85. The molecule has 0 fully saturated rings. The zero-order valence-electron chi connectivity index (χ0n) is 12.9. The summed E-state index contributed by atoms with van der Waals surface area (Å²) in [5, 5.41) is 1.74. The molecule has 0 bridgehead atoms. The van der Waals surface area contributed by atoms with Gasteiger partial charge < -0.3 is 10.3 Å². The third-order valence-corrected chi connectivity index (χ3v) is 4.47. The summed E-state index contributed by atoms with van der Waals surface area (Å²) in [6.07, 6.45) is 5.56. The predicted molar refractivity (Wildman–Crippen MR) is 97.2 cm³/mol. The number of rotatable bonds is 3. The van der Waals surface area contributed by atoms with Crippen molar-refractivity contribution in [1.29, 1.82) is 0 Å². The van der Waals surface area contributed by atoms with Crippen molar-refractivity contribution in [2.75, 3.05) is 0 Å². The number of aromatic nitrogens is 3. The molecule has 4 rings (SSSR count). The number of hydrogen-bond acceptors (Lipinski definition) is 3. The fourth-order valence-electron chi connectivity index (χ4n) is 2.86. The highest BCUT2D eigenvalue weighted by molar-refractivity contribution is 6.34. The van der Waals surface area contributed by atoms with E-state index in [0.29, 0.717) is 17.3 Å². The molecule has 0 atom stereocenters. The van der Waals surface area contributed by atoms with E-state index in [1.807, 2.05) is 30.5 Å². The van der Waals surface area contributed by atoms with Gasteiger partial charge in [0.2, 0.25) is 0 Å². The van der Waals surface area contributed by atoms with Crippen molar-refractivity contribution in [2.24, 2.45) is 5.73 Å². The van der Waals surface area contributed by atoms with Gasteiger partial charge in [-0.3, -0.25) is 4.98 Å². The van der Waals surface area contributed by atoms with Crippen molar-refractivity contribution in [1.82, 2.24) is 14.5 Å². The Balaban J connectivity index is 1.84. The lowest BCUT2D eigenvalue weighted by Gasteiger charge is -2.09. The Morgan fingerprint density at radius 3 is 2.71 bits per heavy atom. The largest absolute Gasteiger partial charge is 0.325 e. The van der Waals surface area contributed by atoms with E-state index in [-0.39, 0.29) is 0 Å². The minimum absolute atomic E-state index is 0.324. The Labute approximate surface area is 144 Å². The zero-order chi connectivity index (χ0) is 16.5. The van der Waals surface area contributed by atoms with Crippen LogP contribution < -0.4 is 5.73 Å². The lowest BCUT2D eigenvalue weighted by atomic mass is 10.0. The maximum absolute atomic E-state index is 6.44. The molecule has 0 spiro atoms. The van der Waals surface area contributed by atoms with Crippen LogP contribution in [0.5, 0.6) is 0 Å². The minimum atomic E-state index is 0.324. The number of fused-ring (bicyclic) bond motifs is 1. The van der Waals surface area contributed by atoms with Crippen LogP contribution in [0.1, 0.15) is 5.69 Å². The van der Waals surface area contributed by atoms with E-state index in [1.54, 1.807) is 12.4 Å². The Morgan fingerprint density at radius 1 is 1.00 bits per heavy atom. The topological polar surface area (TPSA) is 56.7 Å². The minimum Gasteiger partial charge on any atom is -0.325 e. The van der Waals surface area contributed by atoms with Gasteiger partial charge in [-0.25, -0.2) is 4.98 Å². The summed E-state index contributed by atoms with van der Waals surface area (Å²) in [5.74, 6) is 0.896. The maximum Gasteiger partial charge on any atom is 0.137 e. The lowest BCUT2D eigenvalue weighted by molar-refractivity contribution is 0.992. The molecule has 0 saturated heterocycles. The monoisotopic (exact) mass is 334 g/mol. The van der Waals surface area contributed by atoms with Gasteiger partial charge in [0.05, 0.1) is 16.2 Å². The molecule has 0 aliphatic carbocycles. The summed E-state index contributed by atoms with van der Waals surface area (Å²) in [6.45, 7) is 0.324. The molecule has 4 nitrogen and oxygen atoms in total. The Kier molecular flexibility index (Phi) is 3.76. The predicted octanol–water partition coefficient (Wildman–Crippen LogP) is 4.20. The molecule has 5 heteroatoms. The molecule has 3 heterocycles. The normalized spacial score (nSPS) is 11.1. The molecular formula is C19H15ClN4. The Hall–Kier alpha value is -2.69. The number of benzene rings is 1. The molecule has 3 aromatic heterocycles. The van der Waals surface area contributed by atoms with Crippen molar-refractivity contribution in [2.45, 2.75) is 6.54 Å². The van der Waals surface area contributed by atoms with Gasteiger partial charge >= 0.3 is 0 Å². The van der Waals surface area contributed by atoms with Crippen LogP contribution in [0.15, 0.2) is 67.1 Å². The second-order valence-electron chi connectivity index (χ2n) is 5.47. The summed E-state index contributed by atoms with van der Waals surface area (Å²) in [4.78, 5) is 8.63. The summed E-state index contributed by atoms with van der Waals surface area (Å²) in [6, 6.07) is 16.1. The molecule has 0 aliphatic heterocycles. The first-order valence-electron chi connectivity index (χ1n) is 7.64. The van der Waals surface area contributed by atoms with Gasteiger partial charge in [0.1, 0.15) is 5.82 Å². The molecule has 118 valence electrons. The highest BCUT2D eigenvalue weighted by Crippen LogP contribution is 2.32. The average molecular weight is 335 g/mol.